The summed E-state index contributed by atoms with van der Waals surface area (Å²) < 4.78 is 5.46. The molecule has 0 unspecified atom stereocenters. The van der Waals surface area contributed by atoms with Crippen molar-refractivity contribution in [2.45, 2.75) is 51.4 Å². The van der Waals surface area contributed by atoms with Gasteiger partial charge in [0.15, 0.2) is 6.10 Å². The smallest absolute Gasteiger partial charge is 0.254 e. The molecular weight excluding hydrogens is 314 g/mol. The van der Waals surface area contributed by atoms with Crippen molar-refractivity contribution in [2.75, 3.05) is 20.2 Å². The zero-order chi connectivity index (χ0) is 18.0. The highest BCUT2D eigenvalue weighted by molar-refractivity contribution is 5.88. The third-order valence-corrected chi connectivity index (χ3v) is 5.54. The molecule has 1 aromatic carbocycles. The van der Waals surface area contributed by atoms with Gasteiger partial charge < -0.3 is 9.64 Å². The van der Waals surface area contributed by atoms with Crippen molar-refractivity contribution >= 4 is 5.91 Å². The van der Waals surface area contributed by atoms with Gasteiger partial charge >= 0.3 is 0 Å². The molecule has 0 N–H and O–H groups in total. The first kappa shape index (κ1) is 17.9. The Labute approximate surface area is 150 Å². The number of hydrogen-bond donors (Lipinski definition) is 0. The van der Waals surface area contributed by atoms with Crippen LogP contribution in [-0.4, -0.2) is 54.1 Å². The standard InChI is InChI=1S/C20H27N3O2/c1-14(2)23-18(19(25-3)20(23)24)17-8-10-22(11-9-17)13-16-6-4-15(12-21)5-7-16/h4-7,14,17-19H,8-11,13H2,1-3H3/t18-,19+/m0/s1. The van der Waals surface area contributed by atoms with Gasteiger partial charge in [-0.2, -0.15) is 5.26 Å². The molecular formula is C20H27N3O2. The fraction of sp³-hybridized carbons (Fsp3) is 0.600. The average Bonchev–Trinajstić information content (AvgIpc) is 2.61. The van der Waals surface area contributed by atoms with Crippen LogP contribution in [0.15, 0.2) is 24.3 Å². The second-order valence-corrected chi connectivity index (χ2v) is 7.41. The highest BCUT2D eigenvalue weighted by Gasteiger charge is 2.52. The molecule has 134 valence electrons. The molecule has 2 heterocycles. The van der Waals surface area contributed by atoms with Gasteiger partial charge in [-0.3, -0.25) is 9.69 Å². The van der Waals surface area contributed by atoms with Gasteiger partial charge in [-0.1, -0.05) is 12.1 Å². The first-order valence-electron chi connectivity index (χ1n) is 9.11. The molecule has 2 fully saturated rings. The van der Waals surface area contributed by atoms with Crippen molar-refractivity contribution in [3.8, 4) is 6.07 Å². The number of rotatable bonds is 5. The molecule has 3 rings (SSSR count). The van der Waals surface area contributed by atoms with E-state index < -0.39 is 0 Å². The summed E-state index contributed by atoms with van der Waals surface area (Å²) in [4.78, 5) is 16.7. The highest BCUT2D eigenvalue weighted by atomic mass is 16.5. The lowest BCUT2D eigenvalue weighted by molar-refractivity contribution is -0.181. The summed E-state index contributed by atoms with van der Waals surface area (Å²) in [5, 5.41) is 8.88. The van der Waals surface area contributed by atoms with Crippen molar-refractivity contribution < 1.29 is 9.53 Å². The van der Waals surface area contributed by atoms with Crippen LogP contribution in [-0.2, 0) is 16.1 Å². The minimum atomic E-state index is -0.252. The lowest BCUT2D eigenvalue weighted by Crippen LogP contribution is -2.70. The Morgan fingerprint density at radius 1 is 1.24 bits per heavy atom. The van der Waals surface area contributed by atoms with Crippen molar-refractivity contribution in [3.05, 3.63) is 35.4 Å². The number of methoxy groups -OCH3 is 1. The molecule has 5 heteroatoms. The zero-order valence-corrected chi connectivity index (χ0v) is 15.3. The number of β-lactam (4-membered cyclic amide) rings is 1. The second kappa shape index (κ2) is 7.55. The van der Waals surface area contributed by atoms with Gasteiger partial charge in [0.25, 0.3) is 5.91 Å². The number of nitriles is 1. The minimum Gasteiger partial charge on any atom is -0.369 e. The molecule has 2 saturated heterocycles. The van der Waals surface area contributed by atoms with E-state index in [0.29, 0.717) is 11.5 Å². The van der Waals surface area contributed by atoms with Crippen LogP contribution in [0.25, 0.3) is 0 Å². The molecule has 0 bridgehead atoms. The number of carbonyl (C=O) groups excluding carboxylic acids is 1. The Morgan fingerprint density at radius 2 is 1.88 bits per heavy atom. The summed E-state index contributed by atoms with van der Waals surface area (Å²) in [7, 11) is 1.65. The quantitative estimate of drug-likeness (QED) is 0.772. The molecule has 5 nitrogen and oxygen atoms in total. The predicted octanol–water partition coefficient (Wildman–Crippen LogP) is 2.40. The zero-order valence-electron chi connectivity index (χ0n) is 15.3. The van der Waals surface area contributed by atoms with E-state index in [4.69, 9.17) is 10.00 Å². The Kier molecular flexibility index (Phi) is 5.41. The molecule has 2 aliphatic rings. The Hall–Kier alpha value is -1.90. The van der Waals surface area contributed by atoms with Gasteiger partial charge in [-0.25, -0.2) is 0 Å². The lowest BCUT2D eigenvalue weighted by Gasteiger charge is -2.53. The molecule has 0 aliphatic carbocycles. The number of benzene rings is 1. The van der Waals surface area contributed by atoms with Crippen LogP contribution < -0.4 is 0 Å². The number of nitrogens with zero attached hydrogens (tertiary/aromatic N) is 3. The van der Waals surface area contributed by atoms with Gasteiger partial charge in [0, 0.05) is 19.7 Å². The monoisotopic (exact) mass is 341 g/mol. The van der Waals surface area contributed by atoms with E-state index in [1.54, 1.807) is 7.11 Å². The summed E-state index contributed by atoms with van der Waals surface area (Å²) in [6.45, 7) is 7.16. The fourth-order valence-corrected chi connectivity index (χ4v) is 4.21. The Balaban J connectivity index is 1.56. The SMILES string of the molecule is CO[C@H]1C(=O)N(C(C)C)[C@H]1C1CCN(Cc2ccc(C#N)cc2)CC1. The van der Waals surface area contributed by atoms with Gasteiger partial charge in [0.1, 0.15) is 0 Å². The number of hydrogen-bond acceptors (Lipinski definition) is 4. The number of ether oxygens (including phenoxy) is 1. The molecule has 1 amide bonds. The number of amides is 1. The van der Waals surface area contributed by atoms with E-state index in [1.807, 2.05) is 29.2 Å². The van der Waals surface area contributed by atoms with Crippen molar-refractivity contribution in [1.82, 2.24) is 9.80 Å². The van der Waals surface area contributed by atoms with E-state index in [1.165, 1.54) is 5.56 Å². The van der Waals surface area contributed by atoms with E-state index >= 15 is 0 Å². The van der Waals surface area contributed by atoms with Crippen LogP contribution in [0.4, 0.5) is 0 Å². The minimum absolute atomic E-state index is 0.141. The van der Waals surface area contributed by atoms with E-state index in [9.17, 15) is 4.79 Å². The second-order valence-electron chi connectivity index (χ2n) is 7.41. The summed E-state index contributed by atoms with van der Waals surface area (Å²) >= 11 is 0. The topological polar surface area (TPSA) is 56.6 Å². The predicted molar refractivity (Wildman–Crippen MR) is 95.7 cm³/mol. The van der Waals surface area contributed by atoms with E-state index in [2.05, 4.69) is 24.8 Å². The fourth-order valence-electron chi connectivity index (χ4n) is 4.21. The molecule has 0 saturated carbocycles. The van der Waals surface area contributed by atoms with Crippen LogP contribution in [0.1, 0.15) is 37.8 Å². The van der Waals surface area contributed by atoms with Gasteiger partial charge in [-0.15, -0.1) is 0 Å². The third-order valence-electron chi connectivity index (χ3n) is 5.54. The van der Waals surface area contributed by atoms with Crippen LogP contribution in [0.3, 0.4) is 0 Å². The highest BCUT2D eigenvalue weighted by Crippen LogP contribution is 2.36. The van der Waals surface area contributed by atoms with Crippen molar-refractivity contribution in [1.29, 1.82) is 5.26 Å². The van der Waals surface area contributed by atoms with Gasteiger partial charge in [-0.05, 0) is 63.4 Å². The molecule has 0 spiro atoms. The van der Waals surface area contributed by atoms with Crippen LogP contribution >= 0.6 is 0 Å². The molecule has 0 radical (unpaired) electrons. The number of carbonyl (C=O) groups is 1. The maximum Gasteiger partial charge on any atom is 0.254 e. The van der Waals surface area contributed by atoms with E-state index in [0.717, 1.165) is 32.5 Å². The summed E-state index contributed by atoms with van der Waals surface area (Å²) in [5.74, 6) is 0.657. The molecule has 2 atom stereocenters. The Bertz CT molecular complexity index is 642. The normalized spacial score (nSPS) is 25.1. The first-order valence-corrected chi connectivity index (χ1v) is 9.11. The maximum absolute atomic E-state index is 12.2. The van der Waals surface area contributed by atoms with Crippen LogP contribution in [0, 0.1) is 17.2 Å². The molecule has 1 aromatic rings. The van der Waals surface area contributed by atoms with Gasteiger partial charge in [0.05, 0.1) is 17.7 Å². The number of piperidine rings is 1. The molecule has 25 heavy (non-hydrogen) atoms. The number of likely N-dealkylation sites (tertiary alicyclic amines) is 2. The molecule has 0 aromatic heterocycles. The lowest BCUT2D eigenvalue weighted by atomic mass is 9.79. The summed E-state index contributed by atoms with van der Waals surface area (Å²) in [5.41, 5.74) is 1.95. The maximum atomic E-state index is 12.2. The third kappa shape index (κ3) is 3.56. The van der Waals surface area contributed by atoms with E-state index in [-0.39, 0.29) is 24.1 Å². The summed E-state index contributed by atoms with van der Waals surface area (Å²) in [6, 6.07) is 10.5. The van der Waals surface area contributed by atoms with Crippen molar-refractivity contribution in [3.63, 3.8) is 0 Å². The average molecular weight is 341 g/mol. The largest absolute Gasteiger partial charge is 0.369 e. The van der Waals surface area contributed by atoms with Crippen molar-refractivity contribution in [2.24, 2.45) is 5.92 Å². The van der Waals surface area contributed by atoms with Crippen LogP contribution in [0.2, 0.25) is 0 Å². The summed E-state index contributed by atoms with van der Waals surface area (Å²) in [6.07, 6.45) is 1.94. The first-order chi connectivity index (χ1) is 12.0. The molecule has 2 aliphatic heterocycles. The van der Waals surface area contributed by atoms with Gasteiger partial charge in [0.2, 0.25) is 0 Å². The Morgan fingerprint density at radius 3 is 2.40 bits per heavy atom. The van der Waals surface area contributed by atoms with Crippen LogP contribution in [0.5, 0.6) is 0 Å².